The molecule has 150 valence electrons. The van der Waals surface area contributed by atoms with Crippen LogP contribution in [0.1, 0.15) is 31.7 Å². The molecule has 3 aromatic rings. The van der Waals surface area contributed by atoms with E-state index in [9.17, 15) is 18.5 Å². The van der Waals surface area contributed by atoms with E-state index in [1.54, 1.807) is 29.1 Å². The number of pyridine rings is 1. The first kappa shape index (κ1) is 19.2. The van der Waals surface area contributed by atoms with E-state index in [0.717, 1.165) is 31.9 Å². The van der Waals surface area contributed by atoms with Crippen LogP contribution in [0, 0.1) is 17.2 Å². The minimum absolute atomic E-state index is 0.0822. The minimum atomic E-state index is -3.29. The van der Waals surface area contributed by atoms with Crippen molar-refractivity contribution in [2.45, 2.75) is 36.6 Å². The van der Waals surface area contributed by atoms with Crippen molar-refractivity contribution in [1.82, 2.24) is 14.8 Å². The molecule has 1 aliphatic rings. The number of H-pyrrole nitrogens is 1. The molecule has 4 rings (SSSR count). The molecule has 0 spiro atoms. The Morgan fingerprint density at radius 2 is 1.93 bits per heavy atom. The van der Waals surface area contributed by atoms with E-state index in [-0.39, 0.29) is 22.4 Å². The molecule has 9 heteroatoms. The van der Waals surface area contributed by atoms with Gasteiger partial charge < -0.3 is 10.3 Å². The molecule has 2 heterocycles. The molecular formula is C20H21N5O3S. The first-order chi connectivity index (χ1) is 13.9. The number of aromatic nitrogens is 3. The van der Waals surface area contributed by atoms with Gasteiger partial charge in [-0.15, -0.1) is 0 Å². The van der Waals surface area contributed by atoms with Crippen molar-refractivity contribution in [2.75, 3.05) is 11.6 Å². The number of nitriles is 1. The van der Waals surface area contributed by atoms with Gasteiger partial charge in [0, 0.05) is 18.1 Å². The third-order valence-electron chi connectivity index (χ3n) is 5.38. The summed E-state index contributed by atoms with van der Waals surface area (Å²) in [5, 5.41) is 17.8. The Morgan fingerprint density at radius 3 is 2.62 bits per heavy atom. The first-order valence-corrected chi connectivity index (χ1v) is 11.3. The molecule has 2 N–H and O–H groups in total. The van der Waals surface area contributed by atoms with Crippen LogP contribution >= 0.6 is 0 Å². The number of anilines is 2. The van der Waals surface area contributed by atoms with Crippen LogP contribution in [0.5, 0.6) is 0 Å². The average molecular weight is 411 g/mol. The lowest BCUT2D eigenvalue weighted by molar-refractivity contribution is 0.277. The van der Waals surface area contributed by atoms with Gasteiger partial charge in [0.2, 0.25) is 0 Å². The third kappa shape index (κ3) is 3.63. The first-order valence-electron chi connectivity index (χ1n) is 9.45. The van der Waals surface area contributed by atoms with E-state index in [2.05, 4.69) is 21.5 Å². The molecule has 1 aromatic carbocycles. The van der Waals surface area contributed by atoms with Gasteiger partial charge in [-0.2, -0.15) is 10.4 Å². The van der Waals surface area contributed by atoms with Crippen LogP contribution in [0.15, 0.2) is 46.2 Å². The highest BCUT2D eigenvalue weighted by atomic mass is 32.2. The Balaban J connectivity index is 1.77. The van der Waals surface area contributed by atoms with Crippen LogP contribution < -0.4 is 10.9 Å². The van der Waals surface area contributed by atoms with Crippen LogP contribution in [0.3, 0.4) is 0 Å². The molecule has 1 fully saturated rings. The fourth-order valence-electron chi connectivity index (χ4n) is 3.92. The smallest absolute Gasteiger partial charge is 0.261 e. The Hall–Kier alpha value is -3.12. The Bertz CT molecular complexity index is 1250. The average Bonchev–Trinajstić information content (AvgIpc) is 3.07. The summed E-state index contributed by atoms with van der Waals surface area (Å²) in [7, 11) is -3.29. The van der Waals surface area contributed by atoms with Crippen LogP contribution in [0.2, 0.25) is 0 Å². The zero-order chi connectivity index (χ0) is 20.6. The summed E-state index contributed by atoms with van der Waals surface area (Å²) in [4.78, 5) is 15.4. The molecule has 0 aliphatic heterocycles. The molecule has 29 heavy (non-hydrogen) atoms. The highest BCUT2D eigenvalue weighted by Gasteiger charge is 2.29. The second kappa shape index (κ2) is 7.37. The fraction of sp³-hybridized carbons (Fsp3) is 0.350. The number of sulfone groups is 1. The molecule has 0 radical (unpaired) electrons. The van der Waals surface area contributed by atoms with Crippen molar-refractivity contribution in [3.05, 3.63) is 46.9 Å². The molecule has 2 aromatic heterocycles. The summed E-state index contributed by atoms with van der Waals surface area (Å²) in [5.74, 6) is 0.240. The quantitative estimate of drug-likeness (QED) is 0.680. The van der Waals surface area contributed by atoms with E-state index in [1.165, 1.54) is 12.1 Å². The molecule has 1 saturated carbocycles. The summed E-state index contributed by atoms with van der Waals surface area (Å²) in [6.45, 7) is 0. The summed E-state index contributed by atoms with van der Waals surface area (Å²) in [6, 6.07) is 10.4. The van der Waals surface area contributed by atoms with Crippen molar-refractivity contribution in [3.8, 4) is 6.07 Å². The molecule has 1 aliphatic carbocycles. The predicted molar refractivity (Wildman–Crippen MR) is 110 cm³/mol. The summed E-state index contributed by atoms with van der Waals surface area (Å²) >= 11 is 0. The number of rotatable bonds is 4. The summed E-state index contributed by atoms with van der Waals surface area (Å²) in [5.41, 5.74) is 1.03. The third-order valence-corrected chi connectivity index (χ3v) is 6.51. The second-order valence-electron chi connectivity index (χ2n) is 7.37. The van der Waals surface area contributed by atoms with Crippen LogP contribution in [0.4, 0.5) is 11.5 Å². The molecule has 0 bridgehead atoms. The van der Waals surface area contributed by atoms with Crippen LogP contribution in [-0.4, -0.2) is 29.4 Å². The molecule has 0 amide bonds. The van der Waals surface area contributed by atoms with Crippen molar-refractivity contribution < 1.29 is 8.42 Å². The van der Waals surface area contributed by atoms with Gasteiger partial charge in [0.05, 0.1) is 28.4 Å². The monoisotopic (exact) mass is 411 g/mol. The largest absolute Gasteiger partial charge is 0.338 e. The molecule has 2 atom stereocenters. The number of fused-ring (bicyclic) bond motifs is 1. The number of nitrogens with one attached hydrogen (secondary N) is 2. The van der Waals surface area contributed by atoms with E-state index < -0.39 is 9.84 Å². The topological polar surface area (TPSA) is 121 Å². The number of aromatic amines is 1. The maximum atomic E-state index is 12.5. The lowest BCUT2D eigenvalue weighted by Crippen LogP contribution is -2.23. The van der Waals surface area contributed by atoms with Crippen LogP contribution in [-0.2, 0) is 9.84 Å². The zero-order valence-corrected chi connectivity index (χ0v) is 16.7. The summed E-state index contributed by atoms with van der Waals surface area (Å²) in [6.07, 6.45) is 6.43. The zero-order valence-electron chi connectivity index (χ0n) is 15.9. The van der Waals surface area contributed by atoms with Crippen molar-refractivity contribution in [2.24, 2.45) is 5.92 Å². The lowest BCUT2D eigenvalue weighted by atomic mass is 9.85. The van der Waals surface area contributed by atoms with Gasteiger partial charge in [-0.05, 0) is 43.2 Å². The van der Waals surface area contributed by atoms with Gasteiger partial charge >= 0.3 is 0 Å². The van der Waals surface area contributed by atoms with Gasteiger partial charge in [0.1, 0.15) is 5.39 Å². The normalized spacial score (nSPS) is 19.7. The molecule has 1 unspecified atom stereocenters. The SMILES string of the molecule is CS(=O)(=O)c1ccc(Nc2nn([C@H]3CCCCC3C#N)c3cc[nH]c(=O)c23)cc1. The molecule has 8 nitrogen and oxygen atoms in total. The number of hydrogen-bond acceptors (Lipinski definition) is 6. The Morgan fingerprint density at radius 1 is 1.21 bits per heavy atom. The highest BCUT2D eigenvalue weighted by molar-refractivity contribution is 7.90. The second-order valence-corrected chi connectivity index (χ2v) is 9.38. The Labute approximate surface area is 168 Å². The molecular weight excluding hydrogens is 390 g/mol. The van der Waals surface area contributed by atoms with E-state index in [4.69, 9.17) is 0 Å². The molecule has 0 saturated heterocycles. The van der Waals surface area contributed by atoms with Gasteiger partial charge in [-0.25, -0.2) is 8.42 Å². The van der Waals surface area contributed by atoms with Gasteiger partial charge in [0.15, 0.2) is 15.7 Å². The number of hydrogen-bond donors (Lipinski definition) is 2. The van der Waals surface area contributed by atoms with Crippen molar-refractivity contribution >= 4 is 32.2 Å². The van der Waals surface area contributed by atoms with Crippen LogP contribution in [0.25, 0.3) is 10.9 Å². The highest BCUT2D eigenvalue weighted by Crippen LogP contribution is 2.36. The number of benzene rings is 1. The fourth-order valence-corrected chi connectivity index (χ4v) is 4.55. The summed E-state index contributed by atoms with van der Waals surface area (Å²) < 4.78 is 25.1. The minimum Gasteiger partial charge on any atom is -0.338 e. The van der Waals surface area contributed by atoms with E-state index in [0.29, 0.717) is 22.4 Å². The van der Waals surface area contributed by atoms with Crippen molar-refractivity contribution in [1.29, 1.82) is 5.26 Å². The van der Waals surface area contributed by atoms with Gasteiger partial charge in [-0.3, -0.25) is 9.48 Å². The lowest BCUT2D eigenvalue weighted by Gasteiger charge is -2.27. The maximum Gasteiger partial charge on any atom is 0.261 e. The standard InChI is InChI=1S/C20H21N5O3S/c1-29(27,28)15-8-6-14(7-9-15)23-19-18-17(10-11-22-20(18)26)25(24-19)16-5-3-2-4-13(16)12-21/h6-11,13,16H,2-5H2,1H3,(H,22,26)(H,23,24)/t13?,16-/m0/s1. The van der Waals surface area contributed by atoms with Gasteiger partial charge in [0.25, 0.3) is 5.56 Å². The van der Waals surface area contributed by atoms with E-state index in [1.807, 2.05) is 0 Å². The maximum absolute atomic E-state index is 12.5. The van der Waals surface area contributed by atoms with E-state index >= 15 is 0 Å². The predicted octanol–water partition coefficient (Wildman–Crippen LogP) is 3.13. The van der Waals surface area contributed by atoms with Crippen molar-refractivity contribution in [3.63, 3.8) is 0 Å². The Kier molecular flexibility index (Phi) is 4.88. The van der Waals surface area contributed by atoms with Gasteiger partial charge in [-0.1, -0.05) is 12.8 Å². The number of nitrogens with zero attached hydrogens (tertiary/aromatic N) is 3.